The molecule has 0 fully saturated rings. The molecule has 0 bridgehead atoms. The van der Waals surface area contributed by atoms with Gasteiger partial charge in [-0.3, -0.25) is 4.79 Å². The highest BCUT2D eigenvalue weighted by molar-refractivity contribution is 6.34. The number of fused-ring (bicyclic) bond motifs is 1. The van der Waals surface area contributed by atoms with E-state index < -0.39 is 0 Å². The van der Waals surface area contributed by atoms with Crippen molar-refractivity contribution < 1.29 is 4.79 Å². The average molecular weight is 224 g/mol. The molecule has 78 valence electrons. The van der Waals surface area contributed by atoms with E-state index in [-0.39, 0.29) is 0 Å². The van der Waals surface area contributed by atoms with E-state index in [1.807, 2.05) is 6.92 Å². The van der Waals surface area contributed by atoms with Crippen LogP contribution in [0.4, 0.5) is 0 Å². The minimum atomic E-state index is 0.412. The third-order valence-corrected chi connectivity index (χ3v) is 2.92. The fourth-order valence-corrected chi connectivity index (χ4v) is 1.91. The van der Waals surface area contributed by atoms with Gasteiger partial charge in [-0.2, -0.15) is 0 Å². The molecule has 2 aromatic heterocycles. The maximum atomic E-state index is 11.0. The summed E-state index contributed by atoms with van der Waals surface area (Å²) in [6, 6.07) is 0. The Kier molecular flexibility index (Phi) is 2.44. The Hall–Kier alpha value is -1.42. The summed E-state index contributed by atoms with van der Waals surface area (Å²) < 4.78 is 1.70. The van der Waals surface area contributed by atoms with Crippen LogP contribution in [-0.4, -0.2) is 20.8 Å². The van der Waals surface area contributed by atoms with Crippen molar-refractivity contribution in [3.63, 3.8) is 0 Å². The Morgan fingerprint density at radius 2 is 2.27 bits per heavy atom. The number of carbonyl (C=O) groups excluding carboxylic acids is 1. The summed E-state index contributed by atoms with van der Waals surface area (Å²) in [4.78, 5) is 19.2. The van der Waals surface area contributed by atoms with Crippen LogP contribution in [0.5, 0.6) is 0 Å². The van der Waals surface area contributed by atoms with Gasteiger partial charge >= 0.3 is 0 Å². The zero-order chi connectivity index (χ0) is 11.0. The number of rotatable bonds is 2. The fourth-order valence-electron chi connectivity index (χ4n) is 1.69. The molecule has 0 radical (unpaired) electrons. The van der Waals surface area contributed by atoms with E-state index in [1.54, 1.807) is 11.6 Å². The van der Waals surface area contributed by atoms with Gasteiger partial charge in [-0.15, -0.1) is 0 Å². The van der Waals surface area contributed by atoms with Crippen LogP contribution in [0, 0.1) is 0 Å². The molecule has 0 amide bonds. The van der Waals surface area contributed by atoms with Gasteiger partial charge in [0.15, 0.2) is 6.29 Å². The lowest BCUT2D eigenvalue weighted by Crippen LogP contribution is -1.93. The molecule has 0 saturated carbocycles. The second-order valence-corrected chi connectivity index (χ2v) is 3.61. The fraction of sp³-hybridized carbons (Fsp3) is 0.300. The lowest BCUT2D eigenvalue weighted by atomic mass is 10.1. The third-order valence-electron chi connectivity index (χ3n) is 2.46. The van der Waals surface area contributed by atoms with Crippen molar-refractivity contribution in [1.29, 1.82) is 0 Å². The van der Waals surface area contributed by atoms with Crippen molar-refractivity contribution in [3.05, 3.63) is 22.7 Å². The van der Waals surface area contributed by atoms with Crippen LogP contribution in [0.3, 0.4) is 0 Å². The van der Waals surface area contributed by atoms with Crippen LogP contribution in [0.1, 0.15) is 23.0 Å². The molecule has 2 rings (SSSR count). The largest absolute Gasteiger partial charge is 0.319 e. The Labute approximate surface area is 91.9 Å². The first-order valence-corrected chi connectivity index (χ1v) is 5.01. The predicted octanol–water partition coefficient (Wildman–Crippen LogP) is 2.00. The molecule has 0 atom stereocenters. The zero-order valence-corrected chi connectivity index (χ0v) is 9.25. The van der Waals surface area contributed by atoms with E-state index in [0.717, 1.165) is 23.8 Å². The topological polar surface area (TPSA) is 47.8 Å². The first kappa shape index (κ1) is 10.1. The van der Waals surface area contributed by atoms with Crippen molar-refractivity contribution >= 4 is 28.9 Å². The average Bonchev–Trinajstić information content (AvgIpc) is 2.52. The standard InChI is InChI=1S/C10H10ClN3O/c1-3-7-8-6(4-15)9(11)14(2)10(8)13-5-12-7/h4-5H,3H2,1-2H3. The number of carbonyl (C=O) groups is 1. The molecule has 0 unspecified atom stereocenters. The minimum Gasteiger partial charge on any atom is -0.319 e. The normalized spacial score (nSPS) is 10.9. The first-order valence-electron chi connectivity index (χ1n) is 4.63. The minimum absolute atomic E-state index is 0.412. The van der Waals surface area contributed by atoms with Gasteiger partial charge < -0.3 is 4.57 Å². The Morgan fingerprint density at radius 1 is 1.53 bits per heavy atom. The zero-order valence-electron chi connectivity index (χ0n) is 8.49. The highest BCUT2D eigenvalue weighted by Gasteiger charge is 2.16. The maximum absolute atomic E-state index is 11.0. The second kappa shape index (κ2) is 3.62. The number of aldehydes is 1. The molecule has 0 aliphatic carbocycles. The van der Waals surface area contributed by atoms with Gasteiger partial charge in [-0.05, 0) is 6.42 Å². The monoisotopic (exact) mass is 223 g/mol. The van der Waals surface area contributed by atoms with Gasteiger partial charge in [0.05, 0.1) is 16.6 Å². The third kappa shape index (κ3) is 1.33. The van der Waals surface area contributed by atoms with Crippen molar-refractivity contribution in [1.82, 2.24) is 14.5 Å². The van der Waals surface area contributed by atoms with E-state index in [0.29, 0.717) is 16.4 Å². The van der Waals surface area contributed by atoms with E-state index in [9.17, 15) is 4.79 Å². The Bertz CT molecular complexity index is 533. The molecule has 4 nitrogen and oxygen atoms in total. The molecule has 0 aliphatic heterocycles. The molecule has 0 spiro atoms. The summed E-state index contributed by atoms with van der Waals surface area (Å²) in [5.74, 6) is 0. The van der Waals surface area contributed by atoms with Crippen LogP contribution in [0.2, 0.25) is 5.15 Å². The summed E-state index contributed by atoms with van der Waals surface area (Å²) >= 11 is 6.03. The van der Waals surface area contributed by atoms with E-state index in [1.165, 1.54) is 6.33 Å². The predicted molar refractivity (Wildman–Crippen MR) is 58.3 cm³/mol. The molecule has 15 heavy (non-hydrogen) atoms. The van der Waals surface area contributed by atoms with Crippen LogP contribution < -0.4 is 0 Å². The van der Waals surface area contributed by atoms with Crippen molar-refractivity contribution in [2.24, 2.45) is 7.05 Å². The van der Waals surface area contributed by atoms with Crippen molar-refractivity contribution in [2.75, 3.05) is 0 Å². The van der Waals surface area contributed by atoms with Crippen molar-refractivity contribution in [3.8, 4) is 0 Å². The van der Waals surface area contributed by atoms with E-state index in [2.05, 4.69) is 9.97 Å². The molecular formula is C10H10ClN3O. The lowest BCUT2D eigenvalue weighted by molar-refractivity contribution is 0.112. The molecule has 2 heterocycles. The maximum Gasteiger partial charge on any atom is 0.153 e. The Balaban J connectivity index is 2.97. The molecule has 5 heteroatoms. The summed E-state index contributed by atoms with van der Waals surface area (Å²) in [7, 11) is 1.78. The summed E-state index contributed by atoms with van der Waals surface area (Å²) in [6.45, 7) is 1.98. The van der Waals surface area contributed by atoms with Gasteiger partial charge in [0, 0.05) is 7.05 Å². The van der Waals surface area contributed by atoms with E-state index in [4.69, 9.17) is 11.6 Å². The second-order valence-electron chi connectivity index (χ2n) is 3.25. The molecule has 0 aromatic carbocycles. The number of halogens is 1. The molecule has 2 aromatic rings. The molecule has 0 N–H and O–H groups in total. The van der Waals surface area contributed by atoms with Gasteiger partial charge in [0.25, 0.3) is 0 Å². The number of aryl methyl sites for hydroxylation is 2. The summed E-state index contributed by atoms with van der Waals surface area (Å²) in [5.41, 5.74) is 2.03. The van der Waals surface area contributed by atoms with Crippen LogP contribution in [0.25, 0.3) is 11.0 Å². The SMILES string of the molecule is CCc1ncnc2c1c(C=O)c(Cl)n2C. The highest BCUT2D eigenvalue weighted by atomic mass is 35.5. The highest BCUT2D eigenvalue weighted by Crippen LogP contribution is 2.28. The smallest absolute Gasteiger partial charge is 0.153 e. The van der Waals surface area contributed by atoms with Gasteiger partial charge in [0.2, 0.25) is 0 Å². The number of hydrogen-bond acceptors (Lipinski definition) is 3. The van der Waals surface area contributed by atoms with Crippen molar-refractivity contribution in [2.45, 2.75) is 13.3 Å². The molecule has 0 aliphatic rings. The number of hydrogen-bond donors (Lipinski definition) is 0. The Morgan fingerprint density at radius 3 is 2.87 bits per heavy atom. The van der Waals surface area contributed by atoms with Gasteiger partial charge in [-0.25, -0.2) is 9.97 Å². The van der Waals surface area contributed by atoms with Gasteiger partial charge in [-0.1, -0.05) is 18.5 Å². The molecular weight excluding hydrogens is 214 g/mol. The number of aromatic nitrogens is 3. The lowest BCUT2D eigenvalue weighted by Gasteiger charge is -1.98. The van der Waals surface area contributed by atoms with E-state index >= 15 is 0 Å². The van der Waals surface area contributed by atoms with Crippen LogP contribution >= 0.6 is 11.6 Å². The number of nitrogens with zero attached hydrogens (tertiary/aromatic N) is 3. The van der Waals surface area contributed by atoms with Crippen LogP contribution in [-0.2, 0) is 13.5 Å². The van der Waals surface area contributed by atoms with Crippen LogP contribution in [0.15, 0.2) is 6.33 Å². The quantitative estimate of drug-likeness (QED) is 0.732. The summed E-state index contributed by atoms with van der Waals surface area (Å²) in [6.07, 6.45) is 3.00. The first-order chi connectivity index (χ1) is 7.20. The van der Waals surface area contributed by atoms with Gasteiger partial charge in [0.1, 0.15) is 17.1 Å². The summed E-state index contributed by atoms with van der Waals surface area (Å²) in [5, 5.41) is 1.18. The molecule has 0 saturated heterocycles.